The lowest BCUT2D eigenvalue weighted by molar-refractivity contribution is 0.0712. The van der Waals surface area contributed by atoms with Crippen LogP contribution in [0.25, 0.3) is 11.1 Å². The highest BCUT2D eigenvalue weighted by atomic mass is 79.9. The zero-order valence-corrected chi connectivity index (χ0v) is 24.8. The summed E-state index contributed by atoms with van der Waals surface area (Å²) in [5, 5.41) is 0. The van der Waals surface area contributed by atoms with Crippen molar-refractivity contribution in [3.8, 4) is 16.9 Å². The molecule has 0 unspecified atom stereocenters. The number of aryl methyl sites for hydroxylation is 2. The number of fused-ring (bicyclic) bond motifs is 1. The second kappa shape index (κ2) is 9.08. The van der Waals surface area contributed by atoms with Gasteiger partial charge in [-0.1, -0.05) is 51.8 Å². The Bertz CT molecular complexity index is 1370. The summed E-state index contributed by atoms with van der Waals surface area (Å²) in [6.07, 6.45) is 0. The van der Waals surface area contributed by atoms with Gasteiger partial charge < -0.3 is 9.64 Å². The summed E-state index contributed by atoms with van der Waals surface area (Å²) in [5.41, 5.74) is 9.37. The molecular weight excluding hydrogens is 574 g/mol. The Morgan fingerprint density at radius 3 is 1.64 bits per heavy atom. The Labute approximate surface area is 231 Å². The zero-order chi connectivity index (χ0) is 25.8. The molecule has 0 radical (unpaired) electrons. The molecule has 0 saturated heterocycles. The van der Waals surface area contributed by atoms with Crippen molar-refractivity contribution < 1.29 is 4.74 Å². The smallest absolute Gasteiger partial charge is 0.124 e. The van der Waals surface area contributed by atoms with E-state index in [0.29, 0.717) is 0 Å². The van der Waals surface area contributed by atoms with E-state index in [4.69, 9.17) is 4.74 Å². The van der Waals surface area contributed by atoms with Crippen molar-refractivity contribution in [3.63, 3.8) is 0 Å². The third kappa shape index (κ3) is 4.29. The first-order chi connectivity index (χ1) is 17.0. The number of ether oxygens (including phenoxy) is 1. The van der Waals surface area contributed by atoms with Gasteiger partial charge >= 0.3 is 0 Å². The van der Waals surface area contributed by atoms with Crippen molar-refractivity contribution in [3.05, 3.63) is 104 Å². The van der Waals surface area contributed by atoms with Gasteiger partial charge in [0, 0.05) is 37.0 Å². The Hall–Kier alpha value is -2.56. The van der Waals surface area contributed by atoms with E-state index >= 15 is 0 Å². The number of rotatable bonds is 4. The molecule has 5 rings (SSSR count). The molecule has 4 heteroatoms. The number of nitrogens with zero attached hydrogens (tertiary/aromatic N) is 1. The van der Waals surface area contributed by atoms with Crippen molar-refractivity contribution >= 4 is 48.9 Å². The molecule has 36 heavy (non-hydrogen) atoms. The average Bonchev–Trinajstić information content (AvgIpc) is 3.00. The number of hydrogen-bond donors (Lipinski definition) is 0. The average molecular weight is 605 g/mol. The normalized spacial score (nSPS) is 15.3. The summed E-state index contributed by atoms with van der Waals surface area (Å²) in [6.45, 7) is 13.3. The standard InChI is InChI=1S/C32H31Br2NO/c1-20-17-27(35(25-12-8-23(33)9-13-25)26-14-10-24(34)11-15-26)18-21(2)30(20)22-7-16-29-28(19-22)31(3,4)32(5,6)36-29/h7-19H,1-6H3. The highest BCUT2D eigenvalue weighted by Crippen LogP contribution is 2.50. The lowest BCUT2D eigenvalue weighted by Gasteiger charge is -2.33. The minimum Gasteiger partial charge on any atom is -0.487 e. The van der Waals surface area contributed by atoms with E-state index in [0.717, 1.165) is 31.8 Å². The maximum absolute atomic E-state index is 6.31. The second-order valence-electron chi connectivity index (χ2n) is 10.7. The molecule has 1 aliphatic heterocycles. The van der Waals surface area contributed by atoms with Crippen molar-refractivity contribution in [2.45, 2.75) is 52.6 Å². The molecule has 4 aromatic carbocycles. The lowest BCUT2D eigenvalue weighted by Crippen LogP contribution is -2.41. The quantitative estimate of drug-likeness (QED) is 0.230. The van der Waals surface area contributed by atoms with Crippen LogP contribution in [-0.4, -0.2) is 5.60 Å². The maximum Gasteiger partial charge on any atom is 0.124 e. The van der Waals surface area contributed by atoms with Gasteiger partial charge in [0.15, 0.2) is 0 Å². The predicted octanol–water partition coefficient (Wildman–Crippen LogP) is 10.4. The van der Waals surface area contributed by atoms with E-state index in [1.807, 2.05) is 0 Å². The molecule has 0 N–H and O–H groups in total. The molecule has 1 heterocycles. The molecule has 0 bridgehead atoms. The van der Waals surface area contributed by atoms with E-state index in [9.17, 15) is 0 Å². The van der Waals surface area contributed by atoms with Crippen LogP contribution in [0.4, 0.5) is 17.1 Å². The van der Waals surface area contributed by atoms with Gasteiger partial charge in [-0.05, 0) is 123 Å². The molecule has 2 nitrogen and oxygen atoms in total. The van der Waals surface area contributed by atoms with Gasteiger partial charge in [0.2, 0.25) is 0 Å². The molecular formula is C32H31Br2NO. The van der Waals surface area contributed by atoms with E-state index in [1.165, 1.54) is 27.8 Å². The minimum atomic E-state index is -0.238. The van der Waals surface area contributed by atoms with Crippen molar-refractivity contribution in [1.82, 2.24) is 0 Å². The molecule has 0 spiro atoms. The fraction of sp³-hybridized carbons (Fsp3) is 0.250. The van der Waals surface area contributed by atoms with Crippen LogP contribution >= 0.6 is 31.9 Å². The van der Waals surface area contributed by atoms with Crippen LogP contribution in [-0.2, 0) is 5.41 Å². The predicted molar refractivity (Wildman–Crippen MR) is 159 cm³/mol. The monoisotopic (exact) mass is 603 g/mol. The SMILES string of the molecule is Cc1cc(N(c2ccc(Br)cc2)c2ccc(Br)cc2)cc(C)c1-c1ccc2c(c1)C(C)(C)C(C)(C)O2. The molecule has 0 atom stereocenters. The van der Waals surface area contributed by atoms with Crippen molar-refractivity contribution in [2.75, 3.05) is 4.90 Å². The molecule has 1 aliphatic rings. The molecule has 0 fully saturated rings. The zero-order valence-electron chi connectivity index (χ0n) is 21.6. The maximum atomic E-state index is 6.31. The first kappa shape index (κ1) is 25.1. The van der Waals surface area contributed by atoms with Gasteiger partial charge in [-0.15, -0.1) is 0 Å². The number of hydrogen-bond acceptors (Lipinski definition) is 2. The summed E-state index contributed by atoms with van der Waals surface area (Å²) in [6, 6.07) is 28.2. The van der Waals surface area contributed by atoms with Gasteiger partial charge in [-0.25, -0.2) is 0 Å². The lowest BCUT2D eigenvalue weighted by atomic mass is 9.73. The van der Waals surface area contributed by atoms with Gasteiger partial charge in [0.05, 0.1) is 0 Å². The fourth-order valence-electron chi connectivity index (χ4n) is 5.14. The molecule has 0 saturated carbocycles. The second-order valence-corrected chi connectivity index (χ2v) is 12.5. The summed E-state index contributed by atoms with van der Waals surface area (Å²) in [4.78, 5) is 2.31. The Morgan fingerprint density at radius 2 is 1.14 bits per heavy atom. The number of anilines is 3. The van der Waals surface area contributed by atoms with Gasteiger partial charge in [0.1, 0.15) is 11.4 Å². The number of benzene rings is 4. The Kier molecular flexibility index (Phi) is 6.33. The molecule has 0 aromatic heterocycles. The minimum absolute atomic E-state index is 0.0694. The topological polar surface area (TPSA) is 12.5 Å². The van der Waals surface area contributed by atoms with Gasteiger partial charge in [-0.2, -0.15) is 0 Å². The van der Waals surface area contributed by atoms with Crippen LogP contribution < -0.4 is 9.64 Å². The van der Waals surface area contributed by atoms with Crippen LogP contribution in [0.2, 0.25) is 0 Å². The molecule has 4 aromatic rings. The van der Waals surface area contributed by atoms with E-state index in [2.05, 4.69) is 157 Å². The van der Waals surface area contributed by atoms with Crippen LogP contribution in [0.5, 0.6) is 5.75 Å². The van der Waals surface area contributed by atoms with Crippen LogP contribution in [0, 0.1) is 13.8 Å². The fourth-order valence-corrected chi connectivity index (χ4v) is 5.67. The summed E-state index contributed by atoms with van der Waals surface area (Å²) >= 11 is 7.16. The Morgan fingerprint density at radius 1 is 0.639 bits per heavy atom. The van der Waals surface area contributed by atoms with E-state index in [-0.39, 0.29) is 11.0 Å². The van der Waals surface area contributed by atoms with Crippen molar-refractivity contribution in [2.24, 2.45) is 0 Å². The first-order valence-electron chi connectivity index (χ1n) is 12.2. The van der Waals surface area contributed by atoms with Crippen LogP contribution in [0.15, 0.2) is 87.8 Å². The third-order valence-corrected chi connectivity index (χ3v) is 8.81. The highest BCUT2D eigenvalue weighted by molar-refractivity contribution is 9.10. The van der Waals surface area contributed by atoms with Crippen LogP contribution in [0.1, 0.15) is 44.4 Å². The molecule has 0 amide bonds. The van der Waals surface area contributed by atoms with Gasteiger partial charge in [-0.3, -0.25) is 0 Å². The molecule has 0 aliphatic carbocycles. The van der Waals surface area contributed by atoms with Gasteiger partial charge in [0.25, 0.3) is 0 Å². The summed E-state index contributed by atoms with van der Waals surface area (Å²) in [5.74, 6) is 0.998. The summed E-state index contributed by atoms with van der Waals surface area (Å²) < 4.78 is 8.45. The Balaban J connectivity index is 1.62. The third-order valence-electron chi connectivity index (χ3n) is 7.76. The summed E-state index contributed by atoms with van der Waals surface area (Å²) in [7, 11) is 0. The molecule has 184 valence electrons. The number of halogens is 2. The van der Waals surface area contributed by atoms with E-state index < -0.39 is 0 Å². The highest BCUT2D eigenvalue weighted by Gasteiger charge is 2.48. The van der Waals surface area contributed by atoms with Crippen LogP contribution in [0.3, 0.4) is 0 Å². The first-order valence-corrected chi connectivity index (χ1v) is 13.8. The van der Waals surface area contributed by atoms with Crippen molar-refractivity contribution in [1.29, 1.82) is 0 Å². The largest absolute Gasteiger partial charge is 0.487 e. The van der Waals surface area contributed by atoms with E-state index in [1.54, 1.807) is 0 Å².